The molecule has 0 unspecified atom stereocenters. The molecule has 0 atom stereocenters. The Morgan fingerprint density at radius 2 is 1.75 bits per heavy atom. The van der Waals surface area contributed by atoms with E-state index < -0.39 is 16.0 Å². The number of guanidine groups is 1. The van der Waals surface area contributed by atoms with Gasteiger partial charge in [-0.2, -0.15) is 12.8 Å². The van der Waals surface area contributed by atoms with Crippen LogP contribution in [-0.2, 0) is 10.0 Å². The number of para-hydroxylation sites is 1. The van der Waals surface area contributed by atoms with Crippen LogP contribution in [0.2, 0.25) is 0 Å². The summed E-state index contributed by atoms with van der Waals surface area (Å²) in [5.74, 6) is -0.417. The lowest BCUT2D eigenvalue weighted by atomic mass is 10.2. The highest BCUT2D eigenvalue weighted by atomic mass is 32.2. The topological polar surface area (TPSA) is 150 Å². The van der Waals surface area contributed by atoms with Crippen LogP contribution in [0.3, 0.4) is 0 Å². The molecular weight excluding hydrogens is 380 g/mol. The minimum Gasteiger partial charge on any atom is -0.295 e. The van der Waals surface area contributed by atoms with Gasteiger partial charge in [-0.15, -0.1) is 0 Å². The summed E-state index contributed by atoms with van der Waals surface area (Å²) < 4.78 is 27.4. The molecule has 0 spiro atoms. The molecular formula is C18H19N6O3S+. The zero-order valence-corrected chi connectivity index (χ0v) is 15.8. The predicted molar refractivity (Wildman–Crippen MR) is 106 cm³/mol. The number of nitrogens with zero attached hydrogens (tertiary/aromatic N) is 2. The number of nitrogens with one attached hydrogen (secondary N) is 2. The van der Waals surface area contributed by atoms with Gasteiger partial charge in [0.05, 0.1) is 16.9 Å². The lowest BCUT2D eigenvalue weighted by Crippen LogP contribution is -2.80. The smallest absolute Gasteiger partial charge is 0.295 e. The van der Waals surface area contributed by atoms with E-state index in [9.17, 15) is 13.2 Å². The molecule has 0 radical (unpaired) electrons. The number of aromatic amines is 1. The second-order valence-corrected chi connectivity index (χ2v) is 7.62. The van der Waals surface area contributed by atoms with Crippen LogP contribution >= 0.6 is 0 Å². The first kappa shape index (κ1) is 19.1. The van der Waals surface area contributed by atoms with E-state index in [4.69, 9.17) is 11.5 Å². The van der Waals surface area contributed by atoms with Crippen molar-refractivity contribution < 1.29 is 12.8 Å². The summed E-state index contributed by atoms with van der Waals surface area (Å²) >= 11 is 0. The van der Waals surface area contributed by atoms with Gasteiger partial charge in [-0.25, -0.2) is 4.68 Å². The Morgan fingerprint density at radius 3 is 2.36 bits per heavy atom. The van der Waals surface area contributed by atoms with E-state index in [1.165, 1.54) is 35.2 Å². The van der Waals surface area contributed by atoms with Crippen LogP contribution in [0.25, 0.3) is 5.69 Å². The number of sulfonamides is 1. The molecule has 10 heteroatoms. The maximum absolute atomic E-state index is 12.6. The normalized spacial score (nSPS) is 11.6. The molecule has 0 fully saturated rings. The summed E-state index contributed by atoms with van der Waals surface area (Å²) in [6, 6.07) is 14.9. The van der Waals surface area contributed by atoms with Gasteiger partial charge in [0.25, 0.3) is 5.56 Å². The van der Waals surface area contributed by atoms with E-state index in [1.54, 1.807) is 6.92 Å². The molecule has 2 aromatic carbocycles. The van der Waals surface area contributed by atoms with Crippen molar-refractivity contribution in [1.29, 1.82) is 0 Å². The monoisotopic (exact) mass is 399 g/mol. The fraction of sp³-hybridized carbons (Fsp3) is 0.0556. The molecule has 9 nitrogen and oxygen atoms in total. The van der Waals surface area contributed by atoms with Crippen molar-refractivity contribution in [3.63, 3.8) is 0 Å². The van der Waals surface area contributed by atoms with Crippen molar-refractivity contribution in [2.45, 2.75) is 11.8 Å². The summed E-state index contributed by atoms with van der Waals surface area (Å²) in [6.45, 7) is 1.78. The lowest BCUT2D eigenvalue weighted by Gasteiger charge is -1.99. The van der Waals surface area contributed by atoms with Gasteiger partial charge in [0.2, 0.25) is 0 Å². The molecule has 0 saturated heterocycles. The second-order valence-electron chi connectivity index (χ2n) is 5.94. The van der Waals surface area contributed by atoms with Crippen LogP contribution < -0.4 is 21.4 Å². The summed E-state index contributed by atoms with van der Waals surface area (Å²) in [6.07, 6.45) is 1.45. The zero-order chi connectivity index (χ0) is 20.3. The van der Waals surface area contributed by atoms with Gasteiger partial charge in [-0.3, -0.25) is 26.4 Å². The minimum atomic E-state index is -3.83. The van der Waals surface area contributed by atoms with Crippen molar-refractivity contribution >= 4 is 27.9 Å². The van der Waals surface area contributed by atoms with Gasteiger partial charge in [0, 0.05) is 11.9 Å². The van der Waals surface area contributed by atoms with Crippen molar-refractivity contribution in [1.82, 2.24) is 9.78 Å². The van der Waals surface area contributed by atoms with E-state index in [0.29, 0.717) is 22.6 Å². The highest BCUT2D eigenvalue weighted by Crippen LogP contribution is 2.15. The Balaban J connectivity index is 1.88. The van der Waals surface area contributed by atoms with Crippen LogP contribution in [0.1, 0.15) is 11.3 Å². The Bertz CT molecular complexity index is 1200. The van der Waals surface area contributed by atoms with Gasteiger partial charge in [0.1, 0.15) is 4.90 Å². The number of H-pyrrole nitrogens is 1. The number of hydrogen-bond donors (Lipinski definition) is 4. The molecule has 0 saturated carbocycles. The van der Waals surface area contributed by atoms with E-state index >= 15 is 0 Å². The maximum atomic E-state index is 12.6. The number of nitrogens with two attached hydrogens (primary N) is 2. The largest absolute Gasteiger partial charge is 0.353 e. The molecule has 0 aliphatic heterocycles. The summed E-state index contributed by atoms with van der Waals surface area (Å²) in [4.78, 5) is 16.9. The third-order valence-corrected chi connectivity index (χ3v) is 5.27. The number of benzene rings is 2. The standard InChI is InChI=1S/C18H18N6O3S/c1-12-16(17(25)24(22-12)14-5-3-2-4-6-14)11-21-13-7-9-15(10-8-13)28(26,27)23-18(19)20/h2-11,22H,1H3,(H4,19,20,23)/p+1. The fourth-order valence-electron chi connectivity index (χ4n) is 2.53. The quantitative estimate of drug-likeness (QED) is 0.329. The lowest BCUT2D eigenvalue weighted by molar-refractivity contribution is -0.270. The first-order valence-corrected chi connectivity index (χ1v) is 9.68. The highest BCUT2D eigenvalue weighted by Gasteiger charge is 2.14. The molecule has 0 aliphatic carbocycles. The first-order valence-electron chi connectivity index (χ1n) is 8.20. The van der Waals surface area contributed by atoms with Gasteiger partial charge >= 0.3 is 16.0 Å². The number of aryl methyl sites for hydroxylation is 1. The average molecular weight is 399 g/mol. The van der Waals surface area contributed by atoms with Crippen LogP contribution in [0.15, 0.2) is 69.3 Å². The van der Waals surface area contributed by atoms with E-state index in [2.05, 4.69) is 10.1 Å². The van der Waals surface area contributed by atoms with Crippen LogP contribution in [0.4, 0.5) is 5.69 Å². The Morgan fingerprint density at radius 1 is 1.11 bits per heavy atom. The van der Waals surface area contributed by atoms with E-state index in [1.807, 2.05) is 34.7 Å². The number of rotatable bonds is 5. The van der Waals surface area contributed by atoms with E-state index in [-0.39, 0.29) is 10.5 Å². The second kappa shape index (κ2) is 7.53. The summed E-state index contributed by atoms with van der Waals surface area (Å²) in [5.41, 5.74) is 12.4. The molecule has 1 heterocycles. The zero-order valence-electron chi connectivity index (χ0n) is 15.0. The van der Waals surface area contributed by atoms with Crippen LogP contribution in [0.5, 0.6) is 0 Å². The number of aromatic nitrogens is 2. The Labute approximate surface area is 161 Å². The van der Waals surface area contributed by atoms with Crippen molar-refractivity contribution in [2.75, 3.05) is 0 Å². The van der Waals surface area contributed by atoms with Crippen molar-refractivity contribution in [3.05, 3.63) is 76.2 Å². The van der Waals surface area contributed by atoms with Crippen molar-refractivity contribution in [3.8, 4) is 5.69 Å². The third kappa shape index (κ3) is 4.01. The molecule has 0 bridgehead atoms. The van der Waals surface area contributed by atoms with E-state index in [0.717, 1.165) is 0 Å². The molecule has 1 aromatic heterocycles. The maximum Gasteiger partial charge on any atom is 0.353 e. The summed E-state index contributed by atoms with van der Waals surface area (Å²) in [7, 11) is -3.83. The number of hydrogen-bond acceptors (Lipinski definition) is 4. The van der Waals surface area contributed by atoms with Gasteiger partial charge in [-0.1, -0.05) is 18.2 Å². The molecule has 28 heavy (non-hydrogen) atoms. The Hall–Kier alpha value is -3.66. The van der Waals surface area contributed by atoms with Gasteiger partial charge in [-0.05, 0) is 43.3 Å². The molecule has 3 rings (SSSR count). The molecule has 3 aromatic rings. The van der Waals surface area contributed by atoms with Crippen molar-refractivity contribution in [2.24, 2.45) is 16.5 Å². The third-order valence-electron chi connectivity index (χ3n) is 3.87. The number of aliphatic imine (C=N–C) groups is 1. The minimum absolute atomic E-state index is 0.0101. The summed E-state index contributed by atoms with van der Waals surface area (Å²) in [5, 5.41) is 3.01. The molecule has 0 aliphatic rings. The van der Waals surface area contributed by atoms with Gasteiger partial charge in [0.15, 0.2) is 0 Å². The molecule has 144 valence electrons. The molecule has 6 N–H and O–H groups in total. The van der Waals surface area contributed by atoms with Crippen LogP contribution in [0, 0.1) is 6.92 Å². The average Bonchev–Trinajstić information content (AvgIpc) is 2.94. The highest BCUT2D eigenvalue weighted by molar-refractivity contribution is 7.84. The van der Waals surface area contributed by atoms with Gasteiger partial charge < -0.3 is 0 Å². The SMILES string of the molecule is Cc1[nH]n(-c2ccccc2)c(=O)c1C=Nc1ccc(S(=O)(=O)[NH+]=C(N)N)cc1. The first-order chi connectivity index (χ1) is 13.3. The molecule has 0 amide bonds. The fourth-order valence-corrected chi connectivity index (χ4v) is 3.46. The predicted octanol–water partition coefficient (Wildman–Crippen LogP) is -0.733. The van der Waals surface area contributed by atoms with Crippen LogP contribution in [-0.4, -0.2) is 30.4 Å². The Kier molecular flexibility index (Phi) is 5.14.